The van der Waals surface area contributed by atoms with E-state index in [4.69, 9.17) is 16.3 Å². The van der Waals surface area contributed by atoms with Crippen molar-refractivity contribution in [3.05, 3.63) is 24.0 Å². The van der Waals surface area contributed by atoms with Gasteiger partial charge in [-0.05, 0) is 25.3 Å². The molecule has 0 aliphatic rings. The van der Waals surface area contributed by atoms with Crippen LogP contribution in [0.3, 0.4) is 0 Å². The second kappa shape index (κ2) is 5.85. The first-order chi connectivity index (χ1) is 8.71. The van der Waals surface area contributed by atoms with E-state index in [1.165, 1.54) is 0 Å². The van der Waals surface area contributed by atoms with Crippen molar-refractivity contribution in [2.45, 2.75) is 18.8 Å². The molecule has 1 aromatic carbocycles. The van der Waals surface area contributed by atoms with Crippen molar-refractivity contribution >= 4 is 34.4 Å². The van der Waals surface area contributed by atoms with Crippen molar-refractivity contribution in [2.24, 2.45) is 0 Å². The van der Waals surface area contributed by atoms with Crippen molar-refractivity contribution < 1.29 is 4.74 Å². The summed E-state index contributed by atoms with van der Waals surface area (Å²) < 4.78 is 7.49. The minimum atomic E-state index is 0.367. The normalized spacial score (nSPS) is 12.9. The van der Waals surface area contributed by atoms with Crippen LogP contribution in [-0.4, -0.2) is 28.7 Å². The summed E-state index contributed by atoms with van der Waals surface area (Å²) in [6.07, 6.45) is 2.11. The number of alkyl halides is 1. The fourth-order valence-corrected chi connectivity index (χ4v) is 2.97. The molecule has 2 aromatic rings. The quantitative estimate of drug-likeness (QED) is 0.783. The van der Waals surface area contributed by atoms with Gasteiger partial charge in [-0.25, -0.2) is 4.98 Å². The van der Waals surface area contributed by atoms with Gasteiger partial charge in [-0.2, -0.15) is 11.8 Å². The van der Waals surface area contributed by atoms with Crippen molar-refractivity contribution in [3.8, 4) is 5.75 Å². The Bertz CT molecular complexity index is 541. The number of halogens is 1. The molecule has 0 N–H and O–H groups in total. The third-order valence-corrected chi connectivity index (χ3v) is 3.99. The second-order valence-corrected chi connectivity index (χ2v) is 5.37. The Hall–Kier alpha value is -0.870. The molecule has 98 valence electrons. The number of rotatable bonds is 5. The maximum Gasteiger partial charge on any atom is 0.125 e. The molecule has 0 saturated heterocycles. The van der Waals surface area contributed by atoms with Crippen LogP contribution in [0.15, 0.2) is 18.2 Å². The lowest BCUT2D eigenvalue weighted by molar-refractivity contribution is 0.415. The minimum absolute atomic E-state index is 0.367. The molecule has 3 nitrogen and oxygen atoms in total. The van der Waals surface area contributed by atoms with Gasteiger partial charge in [-0.1, -0.05) is 0 Å². The first-order valence-corrected chi connectivity index (χ1v) is 7.73. The first-order valence-electron chi connectivity index (χ1n) is 5.81. The highest BCUT2D eigenvalue weighted by Gasteiger charge is 2.15. The number of methoxy groups -OCH3 is 1. The van der Waals surface area contributed by atoms with E-state index in [1.54, 1.807) is 7.11 Å². The van der Waals surface area contributed by atoms with Gasteiger partial charge in [0.05, 0.1) is 24.0 Å². The predicted octanol–water partition coefficient (Wildman–Crippen LogP) is 3.71. The fraction of sp³-hybridized carbons (Fsp3) is 0.462. The zero-order valence-corrected chi connectivity index (χ0v) is 12.4. The van der Waals surface area contributed by atoms with Crippen molar-refractivity contribution in [1.82, 2.24) is 9.55 Å². The summed E-state index contributed by atoms with van der Waals surface area (Å²) in [6.45, 7) is 2.19. The van der Waals surface area contributed by atoms with Crippen LogP contribution in [0.2, 0.25) is 0 Å². The molecule has 0 fully saturated rings. The van der Waals surface area contributed by atoms with E-state index < -0.39 is 0 Å². The lowest BCUT2D eigenvalue weighted by atomic mass is 10.2. The molecule has 0 saturated carbocycles. The Morgan fingerprint density at radius 2 is 2.28 bits per heavy atom. The van der Waals surface area contributed by atoms with Gasteiger partial charge in [0.15, 0.2) is 0 Å². The topological polar surface area (TPSA) is 27.1 Å². The lowest BCUT2D eigenvalue weighted by Gasteiger charge is -2.16. The summed E-state index contributed by atoms with van der Waals surface area (Å²) in [4.78, 5) is 4.58. The number of imidazole rings is 1. The molecule has 0 bridgehead atoms. The SMILES string of the molecule is COc1ccc2nc(CCl)n(C(C)CSC)c2c1. The monoisotopic (exact) mass is 284 g/mol. The van der Waals surface area contributed by atoms with Crippen LogP contribution >= 0.6 is 23.4 Å². The molecule has 5 heteroatoms. The van der Waals surface area contributed by atoms with Gasteiger partial charge in [-0.15, -0.1) is 11.6 Å². The van der Waals surface area contributed by atoms with Gasteiger partial charge in [0.2, 0.25) is 0 Å². The highest BCUT2D eigenvalue weighted by Crippen LogP contribution is 2.27. The van der Waals surface area contributed by atoms with Gasteiger partial charge in [0.25, 0.3) is 0 Å². The summed E-state index contributed by atoms with van der Waals surface area (Å²) >= 11 is 7.82. The Morgan fingerprint density at radius 3 is 2.89 bits per heavy atom. The van der Waals surface area contributed by atoms with Crippen LogP contribution in [0.25, 0.3) is 11.0 Å². The van der Waals surface area contributed by atoms with E-state index in [0.29, 0.717) is 11.9 Å². The van der Waals surface area contributed by atoms with Gasteiger partial charge in [0, 0.05) is 17.9 Å². The zero-order valence-electron chi connectivity index (χ0n) is 10.8. The van der Waals surface area contributed by atoms with Crippen LogP contribution < -0.4 is 4.74 Å². The van der Waals surface area contributed by atoms with E-state index in [9.17, 15) is 0 Å². The first kappa shape index (κ1) is 13.6. The summed E-state index contributed by atoms with van der Waals surface area (Å²) in [5.41, 5.74) is 2.06. The van der Waals surface area contributed by atoms with Crippen LogP contribution in [0.5, 0.6) is 5.75 Å². The van der Waals surface area contributed by atoms with Crippen LogP contribution in [0, 0.1) is 0 Å². The smallest absolute Gasteiger partial charge is 0.125 e. The molecule has 1 atom stereocenters. The third kappa shape index (κ3) is 2.45. The van der Waals surface area contributed by atoms with Crippen molar-refractivity contribution in [1.29, 1.82) is 0 Å². The Morgan fingerprint density at radius 1 is 1.50 bits per heavy atom. The maximum absolute atomic E-state index is 6.00. The number of benzene rings is 1. The molecule has 0 aliphatic heterocycles. The molecule has 0 spiro atoms. The summed E-state index contributed by atoms with van der Waals surface area (Å²) in [5, 5.41) is 0. The average molecular weight is 285 g/mol. The highest BCUT2D eigenvalue weighted by atomic mass is 35.5. The molecule has 1 aromatic heterocycles. The Kier molecular flexibility index (Phi) is 4.40. The van der Waals surface area contributed by atoms with E-state index in [0.717, 1.165) is 28.4 Å². The maximum atomic E-state index is 6.00. The number of fused-ring (bicyclic) bond motifs is 1. The van der Waals surface area contributed by atoms with E-state index in [1.807, 2.05) is 30.0 Å². The number of hydrogen-bond donors (Lipinski definition) is 0. The van der Waals surface area contributed by atoms with Gasteiger partial charge < -0.3 is 9.30 Å². The summed E-state index contributed by atoms with van der Waals surface area (Å²) in [5.74, 6) is 3.23. The van der Waals surface area contributed by atoms with Crippen LogP contribution in [-0.2, 0) is 5.88 Å². The molecular weight excluding hydrogens is 268 g/mol. The minimum Gasteiger partial charge on any atom is -0.497 e. The second-order valence-electron chi connectivity index (χ2n) is 4.19. The number of thioether (sulfide) groups is 1. The predicted molar refractivity (Wildman–Crippen MR) is 78.9 cm³/mol. The molecule has 0 aliphatic carbocycles. The van der Waals surface area contributed by atoms with Crippen LogP contribution in [0.4, 0.5) is 0 Å². The third-order valence-electron chi connectivity index (χ3n) is 2.94. The Balaban J connectivity index is 2.58. The number of ether oxygens (including phenoxy) is 1. The van der Waals surface area contributed by atoms with Crippen molar-refractivity contribution in [3.63, 3.8) is 0 Å². The van der Waals surface area contributed by atoms with Gasteiger partial charge >= 0.3 is 0 Å². The molecule has 18 heavy (non-hydrogen) atoms. The number of nitrogens with zero attached hydrogens (tertiary/aromatic N) is 2. The largest absolute Gasteiger partial charge is 0.497 e. The molecular formula is C13H17ClN2OS. The summed E-state index contributed by atoms with van der Waals surface area (Å²) in [6, 6.07) is 6.30. The molecule has 0 amide bonds. The number of hydrogen-bond acceptors (Lipinski definition) is 3. The highest BCUT2D eigenvalue weighted by molar-refractivity contribution is 7.98. The fourth-order valence-electron chi connectivity index (χ4n) is 2.15. The van der Waals surface area contributed by atoms with Gasteiger partial charge in [-0.3, -0.25) is 0 Å². The van der Waals surface area contributed by atoms with Gasteiger partial charge in [0.1, 0.15) is 11.6 Å². The standard InChI is InChI=1S/C13H17ClN2OS/c1-9(8-18-3)16-12-6-10(17-2)4-5-11(12)15-13(16)7-14/h4-6,9H,7-8H2,1-3H3. The molecule has 2 rings (SSSR count). The van der Waals surface area contributed by atoms with E-state index >= 15 is 0 Å². The zero-order chi connectivity index (χ0) is 13.1. The van der Waals surface area contributed by atoms with E-state index in [2.05, 4.69) is 22.7 Å². The molecule has 0 radical (unpaired) electrons. The Labute approximate surface area is 116 Å². The van der Waals surface area contributed by atoms with Crippen LogP contribution in [0.1, 0.15) is 18.8 Å². The average Bonchev–Trinajstić information content (AvgIpc) is 2.76. The summed E-state index contributed by atoms with van der Waals surface area (Å²) in [7, 11) is 1.68. The lowest BCUT2D eigenvalue weighted by Crippen LogP contribution is -2.10. The van der Waals surface area contributed by atoms with Crippen molar-refractivity contribution in [2.75, 3.05) is 19.1 Å². The molecule has 1 unspecified atom stereocenters. The number of aromatic nitrogens is 2. The molecule has 1 heterocycles. The van der Waals surface area contributed by atoms with E-state index in [-0.39, 0.29) is 0 Å².